The molecule has 0 saturated carbocycles. The number of ether oxygens (including phenoxy) is 1. The highest BCUT2D eigenvalue weighted by molar-refractivity contribution is 6.41. The van der Waals surface area contributed by atoms with Gasteiger partial charge < -0.3 is 15.2 Å². The van der Waals surface area contributed by atoms with Gasteiger partial charge >= 0.3 is 5.97 Å². The van der Waals surface area contributed by atoms with Gasteiger partial charge in [0.25, 0.3) is 0 Å². The first-order valence-corrected chi connectivity index (χ1v) is 4.23. The Hall–Kier alpha value is -0.740. The highest BCUT2D eigenvalue weighted by Crippen LogP contribution is 2.08. The molecule has 0 amide bonds. The molecule has 0 aliphatic rings. The maximum atomic E-state index is 10.9. The van der Waals surface area contributed by atoms with Crippen LogP contribution in [0.2, 0.25) is 0 Å². The molecule has 0 aromatic rings. The lowest BCUT2D eigenvalue weighted by Gasteiger charge is -2.09. The monoisotopic (exact) mass is 207 g/mol. The molecule has 2 N–H and O–H groups in total. The van der Waals surface area contributed by atoms with Crippen molar-refractivity contribution in [3.05, 3.63) is 10.7 Å². The summed E-state index contributed by atoms with van der Waals surface area (Å²) in [5.74, 6) is -0.586. The summed E-state index contributed by atoms with van der Waals surface area (Å²) in [6.07, 6.45) is -0.489. The molecule has 13 heavy (non-hydrogen) atoms. The number of halogens is 1. The molecule has 0 heterocycles. The van der Waals surface area contributed by atoms with Crippen molar-refractivity contribution in [2.24, 2.45) is 0 Å². The van der Waals surface area contributed by atoms with E-state index in [1.54, 1.807) is 13.8 Å². The average molecular weight is 208 g/mol. The van der Waals surface area contributed by atoms with Gasteiger partial charge in [0.2, 0.25) is 0 Å². The first kappa shape index (κ1) is 12.3. The second-order valence-electron chi connectivity index (χ2n) is 2.66. The average Bonchev–Trinajstić information content (AvgIpc) is 2.11. The Morgan fingerprint density at radius 1 is 1.69 bits per heavy atom. The number of hydrogen-bond acceptors (Lipinski definition) is 4. The quantitative estimate of drug-likeness (QED) is 0.524. The molecule has 76 valence electrons. The summed E-state index contributed by atoms with van der Waals surface area (Å²) in [6.45, 7) is 3.62. The van der Waals surface area contributed by atoms with Gasteiger partial charge in [-0.05, 0) is 13.8 Å². The fraction of sp³-hybridized carbons (Fsp3) is 0.625. The largest absolute Gasteiger partial charge is 0.465 e. The number of nitrogens with one attached hydrogen (secondary N) is 1. The van der Waals surface area contributed by atoms with Crippen molar-refractivity contribution in [3.8, 4) is 0 Å². The van der Waals surface area contributed by atoms with E-state index in [-0.39, 0.29) is 5.03 Å². The van der Waals surface area contributed by atoms with Gasteiger partial charge in [-0.1, -0.05) is 11.6 Å². The van der Waals surface area contributed by atoms with E-state index in [4.69, 9.17) is 16.7 Å². The number of aliphatic hydroxyl groups excluding tert-OH is 1. The predicted molar refractivity (Wildman–Crippen MR) is 50.3 cm³/mol. The Morgan fingerprint density at radius 3 is 2.62 bits per heavy atom. The molecule has 0 aromatic carbocycles. The smallest absolute Gasteiger partial charge is 0.351 e. The van der Waals surface area contributed by atoms with Crippen LogP contribution in [0.3, 0.4) is 0 Å². The van der Waals surface area contributed by atoms with Crippen LogP contribution < -0.4 is 5.32 Å². The minimum Gasteiger partial charge on any atom is -0.465 e. The third kappa shape index (κ3) is 4.75. The molecule has 1 unspecified atom stereocenters. The molecule has 4 nitrogen and oxygen atoms in total. The molecule has 0 bridgehead atoms. The zero-order chi connectivity index (χ0) is 10.4. The molecule has 0 rings (SSSR count). The topological polar surface area (TPSA) is 58.6 Å². The fourth-order valence-corrected chi connectivity index (χ4v) is 0.765. The van der Waals surface area contributed by atoms with Crippen LogP contribution in [-0.4, -0.2) is 30.8 Å². The molecule has 0 fully saturated rings. The molecule has 5 heteroatoms. The normalized spacial score (nSPS) is 14.5. The van der Waals surface area contributed by atoms with Crippen LogP contribution in [0.5, 0.6) is 0 Å². The number of aliphatic hydroxyl groups is 1. The Bertz CT molecular complexity index is 213. The number of methoxy groups -OCH3 is 1. The Labute approximate surface area is 82.5 Å². The van der Waals surface area contributed by atoms with E-state index in [9.17, 15) is 4.79 Å². The summed E-state index contributed by atoms with van der Waals surface area (Å²) in [7, 11) is 1.26. The van der Waals surface area contributed by atoms with Gasteiger partial charge in [0, 0.05) is 12.2 Å². The maximum Gasteiger partial charge on any atom is 0.351 e. The first-order valence-electron chi connectivity index (χ1n) is 3.85. The van der Waals surface area contributed by atoms with Gasteiger partial charge in [0.15, 0.2) is 0 Å². The van der Waals surface area contributed by atoms with E-state index in [1.165, 1.54) is 7.11 Å². The molecular formula is C8H14ClNO3. The van der Waals surface area contributed by atoms with E-state index < -0.39 is 12.1 Å². The van der Waals surface area contributed by atoms with Gasteiger partial charge in [-0.15, -0.1) is 0 Å². The van der Waals surface area contributed by atoms with Crippen LogP contribution in [0.25, 0.3) is 0 Å². The first-order chi connectivity index (χ1) is 5.99. The van der Waals surface area contributed by atoms with E-state index in [1.807, 2.05) is 0 Å². The lowest BCUT2D eigenvalue weighted by molar-refractivity contribution is -0.135. The van der Waals surface area contributed by atoms with Gasteiger partial charge in [0.1, 0.15) is 5.03 Å². The number of carbonyl (C=O) groups is 1. The summed E-state index contributed by atoms with van der Waals surface area (Å²) < 4.78 is 4.41. The van der Waals surface area contributed by atoms with Gasteiger partial charge in [-0.2, -0.15) is 0 Å². The van der Waals surface area contributed by atoms with Crippen LogP contribution in [0.15, 0.2) is 10.7 Å². The molecule has 0 radical (unpaired) electrons. The van der Waals surface area contributed by atoms with Gasteiger partial charge in [-0.3, -0.25) is 0 Å². The number of allylic oxidation sites excluding steroid dienone is 1. The minimum atomic E-state index is -0.586. The van der Waals surface area contributed by atoms with Crippen LogP contribution in [0.4, 0.5) is 0 Å². The number of carbonyl (C=O) groups excluding carboxylic acids is 1. The molecular weight excluding hydrogens is 194 g/mol. The van der Waals surface area contributed by atoms with Crippen LogP contribution in [0.1, 0.15) is 13.8 Å². The van der Waals surface area contributed by atoms with E-state index >= 15 is 0 Å². The van der Waals surface area contributed by atoms with Crippen LogP contribution in [-0.2, 0) is 9.53 Å². The van der Waals surface area contributed by atoms with Crippen molar-refractivity contribution >= 4 is 17.6 Å². The molecule has 0 spiro atoms. The van der Waals surface area contributed by atoms with Gasteiger partial charge in [0.05, 0.1) is 13.2 Å². The third-order valence-electron chi connectivity index (χ3n) is 1.36. The van der Waals surface area contributed by atoms with Gasteiger partial charge in [-0.25, -0.2) is 4.79 Å². The second-order valence-corrected chi connectivity index (χ2v) is 3.04. The minimum absolute atomic E-state index is 0.00292. The second kappa shape index (κ2) is 5.83. The summed E-state index contributed by atoms with van der Waals surface area (Å²) >= 11 is 5.63. The van der Waals surface area contributed by atoms with Crippen LogP contribution in [0, 0.1) is 0 Å². The Kier molecular flexibility index (Phi) is 5.50. The summed E-state index contributed by atoms with van der Waals surface area (Å²) in [5, 5.41) is 11.7. The zero-order valence-electron chi connectivity index (χ0n) is 7.93. The summed E-state index contributed by atoms with van der Waals surface area (Å²) in [5.41, 5.74) is 0.495. The van der Waals surface area contributed by atoms with Crippen molar-refractivity contribution in [3.63, 3.8) is 0 Å². The summed E-state index contributed by atoms with van der Waals surface area (Å²) in [4.78, 5) is 10.9. The van der Waals surface area contributed by atoms with E-state index in [2.05, 4.69) is 10.1 Å². The van der Waals surface area contributed by atoms with Crippen molar-refractivity contribution in [1.29, 1.82) is 0 Å². The van der Waals surface area contributed by atoms with E-state index in [0.717, 1.165) is 0 Å². The number of esters is 1. The standard InChI is InChI=1S/C8H14ClNO3/c1-5(11)4-10-6(2)7(9)8(12)13-3/h5,10-11H,4H2,1-3H3. The zero-order valence-corrected chi connectivity index (χ0v) is 8.68. The number of hydrogen-bond donors (Lipinski definition) is 2. The number of rotatable bonds is 4. The van der Waals surface area contributed by atoms with Crippen molar-refractivity contribution in [2.45, 2.75) is 20.0 Å². The molecule has 1 atom stereocenters. The summed E-state index contributed by atoms with van der Waals surface area (Å²) in [6, 6.07) is 0. The van der Waals surface area contributed by atoms with Crippen LogP contribution >= 0.6 is 11.6 Å². The Morgan fingerprint density at radius 2 is 2.23 bits per heavy atom. The highest BCUT2D eigenvalue weighted by Gasteiger charge is 2.10. The third-order valence-corrected chi connectivity index (χ3v) is 1.79. The molecule has 0 aliphatic carbocycles. The highest BCUT2D eigenvalue weighted by atomic mass is 35.5. The molecule has 0 aliphatic heterocycles. The molecule has 0 aromatic heterocycles. The van der Waals surface area contributed by atoms with Crippen molar-refractivity contribution in [2.75, 3.05) is 13.7 Å². The van der Waals surface area contributed by atoms with Crippen molar-refractivity contribution in [1.82, 2.24) is 5.32 Å². The lowest BCUT2D eigenvalue weighted by atomic mass is 10.3. The molecule has 0 saturated heterocycles. The predicted octanol–water partition coefficient (Wildman–Crippen LogP) is 0.600. The van der Waals surface area contributed by atoms with Crippen molar-refractivity contribution < 1.29 is 14.6 Å². The van der Waals surface area contributed by atoms with E-state index in [0.29, 0.717) is 12.2 Å². The maximum absolute atomic E-state index is 10.9. The Balaban J connectivity index is 4.19. The lowest BCUT2D eigenvalue weighted by Crippen LogP contribution is -2.24. The fourth-order valence-electron chi connectivity index (χ4n) is 0.621. The SMILES string of the molecule is COC(=O)C(Cl)=C(C)NCC(C)O.